The molecule has 2 N–H and O–H groups in total. The van der Waals surface area contributed by atoms with Crippen molar-refractivity contribution in [3.63, 3.8) is 0 Å². The average Bonchev–Trinajstić information content (AvgIpc) is 3.02. The van der Waals surface area contributed by atoms with Crippen LogP contribution in [0.5, 0.6) is 5.75 Å². The first-order valence-corrected chi connectivity index (χ1v) is 14.5. The van der Waals surface area contributed by atoms with E-state index in [1.54, 1.807) is 56.6 Å². The van der Waals surface area contributed by atoms with Gasteiger partial charge >= 0.3 is 0 Å². The molecule has 0 saturated heterocycles. The number of pyridine rings is 1. The Morgan fingerprint density at radius 2 is 1.75 bits per heavy atom. The number of para-hydroxylation sites is 1. The van der Waals surface area contributed by atoms with Gasteiger partial charge in [0.1, 0.15) is 17.9 Å². The number of fused-ring (bicyclic) bond motifs is 1. The van der Waals surface area contributed by atoms with Gasteiger partial charge in [-0.1, -0.05) is 53.5 Å². The van der Waals surface area contributed by atoms with E-state index in [4.69, 9.17) is 32.7 Å². The third-order valence-electron chi connectivity index (χ3n) is 6.70. The van der Waals surface area contributed by atoms with Gasteiger partial charge in [-0.05, 0) is 55.0 Å². The maximum atomic E-state index is 12.9. The van der Waals surface area contributed by atoms with Crippen LogP contribution in [0.4, 0.5) is 5.69 Å². The van der Waals surface area contributed by atoms with Crippen LogP contribution in [0.3, 0.4) is 0 Å². The van der Waals surface area contributed by atoms with E-state index >= 15 is 0 Å². The number of hydrogen-bond donors (Lipinski definition) is 2. The molecule has 0 atom stereocenters. The van der Waals surface area contributed by atoms with E-state index in [0.717, 1.165) is 16.6 Å². The van der Waals surface area contributed by atoms with Gasteiger partial charge in [-0.25, -0.2) is 4.98 Å². The van der Waals surface area contributed by atoms with Crippen molar-refractivity contribution in [2.45, 2.75) is 13.5 Å². The predicted octanol–water partition coefficient (Wildman–Crippen LogP) is 5.60. The molecule has 9 nitrogen and oxygen atoms in total. The number of hydrogen-bond acceptors (Lipinski definition) is 6. The zero-order chi connectivity index (χ0) is 31.6. The van der Waals surface area contributed by atoms with Crippen molar-refractivity contribution in [2.75, 3.05) is 38.8 Å². The molecule has 0 radical (unpaired) electrons. The first-order chi connectivity index (χ1) is 21.2. The number of carbonyl (C=O) groups is 3. The Balaban J connectivity index is 1.34. The summed E-state index contributed by atoms with van der Waals surface area (Å²) in [6, 6.07) is 19.6. The van der Waals surface area contributed by atoms with Gasteiger partial charge in [0.25, 0.3) is 5.91 Å². The summed E-state index contributed by atoms with van der Waals surface area (Å²) in [6.45, 7) is 2.55. The minimum atomic E-state index is -0.455. The molecule has 4 rings (SSSR count). The SMILES string of the molecule is COCCNC(=O)c1ccc(C=CC(=O)NCC(=O)N(C)c2ccc(Cl)c(COc3cccc4ccc(C)nc34)c2Cl)cc1. The summed E-state index contributed by atoms with van der Waals surface area (Å²) in [6.07, 6.45) is 2.90. The molecule has 11 heteroatoms. The quantitative estimate of drug-likeness (QED) is 0.155. The van der Waals surface area contributed by atoms with Gasteiger partial charge < -0.3 is 25.0 Å². The summed E-state index contributed by atoms with van der Waals surface area (Å²) < 4.78 is 11.0. The number of aromatic nitrogens is 1. The molecular weight excluding hydrogens is 603 g/mol. The summed E-state index contributed by atoms with van der Waals surface area (Å²) in [5.41, 5.74) is 3.74. The highest BCUT2D eigenvalue weighted by molar-refractivity contribution is 6.38. The van der Waals surface area contributed by atoms with Gasteiger partial charge in [-0.15, -0.1) is 0 Å². The third-order valence-corrected chi connectivity index (χ3v) is 7.48. The highest BCUT2D eigenvalue weighted by atomic mass is 35.5. The van der Waals surface area contributed by atoms with Gasteiger partial charge in [-0.2, -0.15) is 0 Å². The van der Waals surface area contributed by atoms with E-state index in [2.05, 4.69) is 15.6 Å². The van der Waals surface area contributed by atoms with Gasteiger partial charge in [0.15, 0.2) is 0 Å². The molecule has 0 aliphatic rings. The van der Waals surface area contributed by atoms with E-state index in [1.165, 1.54) is 11.0 Å². The predicted molar refractivity (Wildman–Crippen MR) is 173 cm³/mol. The summed E-state index contributed by atoms with van der Waals surface area (Å²) in [4.78, 5) is 43.4. The van der Waals surface area contributed by atoms with Crippen molar-refractivity contribution in [1.82, 2.24) is 15.6 Å². The maximum Gasteiger partial charge on any atom is 0.251 e. The number of nitrogens with zero attached hydrogens (tertiary/aromatic N) is 2. The molecule has 1 aromatic heterocycles. The van der Waals surface area contributed by atoms with Gasteiger partial charge in [0.05, 0.1) is 23.9 Å². The van der Waals surface area contributed by atoms with Crippen molar-refractivity contribution in [3.05, 3.63) is 105 Å². The molecule has 44 heavy (non-hydrogen) atoms. The first-order valence-electron chi connectivity index (χ1n) is 13.7. The van der Waals surface area contributed by atoms with Crippen molar-refractivity contribution in [1.29, 1.82) is 0 Å². The van der Waals surface area contributed by atoms with Crippen LogP contribution in [0.2, 0.25) is 10.0 Å². The van der Waals surface area contributed by atoms with Gasteiger partial charge in [0.2, 0.25) is 11.8 Å². The summed E-state index contributed by atoms with van der Waals surface area (Å²) >= 11 is 13.2. The smallest absolute Gasteiger partial charge is 0.251 e. The van der Waals surface area contributed by atoms with Crippen LogP contribution in [-0.2, 0) is 20.9 Å². The lowest BCUT2D eigenvalue weighted by Crippen LogP contribution is -2.37. The number of likely N-dealkylation sites (N-methyl/N-ethyl adjacent to an activating group) is 1. The molecule has 3 amide bonds. The Labute approximate surface area is 265 Å². The Kier molecular flexibility index (Phi) is 11.3. The lowest BCUT2D eigenvalue weighted by Gasteiger charge is -2.21. The largest absolute Gasteiger partial charge is 0.487 e. The highest BCUT2D eigenvalue weighted by Gasteiger charge is 2.19. The van der Waals surface area contributed by atoms with Crippen molar-refractivity contribution < 1.29 is 23.9 Å². The number of benzene rings is 3. The van der Waals surface area contributed by atoms with E-state index in [0.29, 0.717) is 46.3 Å². The topological polar surface area (TPSA) is 110 Å². The second-order valence-electron chi connectivity index (χ2n) is 9.80. The molecule has 0 unspecified atom stereocenters. The normalized spacial score (nSPS) is 11.0. The summed E-state index contributed by atoms with van der Waals surface area (Å²) in [7, 11) is 3.13. The zero-order valence-corrected chi connectivity index (χ0v) is 26.0. The summed E-state index contributed by atoms with van der Waals surface area (Å²) in [5, 5.41) is 6.92. The van der Waals surface area contributed by atoms with E-state index in [9.17, 15) is 14.4 Å². The van der Waals surface area contributed by atoms with Crippen molar-refractivity contribution in [2.24, 2.45) is 0 Å². The third kappa shape index (κ3) is 8.35. The van der Waals surface area contributed by atoms with E-state index < -0.39 is 5.91 Å². The van der Waals surface area contributed by atoms with Crippen molar-refractivity contribution in [3.8, 4) is 5.75 Å². The van der Waals surface area contributed by atoms with Crippen LogP contribution in [0.1, 0.15) is 27.2 Å². The summed E-state index contributed by atoms with van der Waals surface area (Å²) in [5.74, 6) is -0.470. The zero-order valence-electron chi connectivity index (χ0n) is 24.5. The molecule has 1 heterocycles. The fourth-order valence-corrected chi connectivity index (χ4v) is 4.83. The molecular formula is C33H32Cl2N4O5. The van der Waals surface area contributed by atoms with Crippen molar-refractivity contribution >= 4 is 63.6 Å². The number of carbonyl (C=O) groups excluding carboxylic acids is 3. The number of rotatable bonds is 12. The van der Waals surface area contributed by atoms with E-state index in [1.807, 2.05) is 37.3 Å². The number of methoxy groups -OCH3 is 1. The molecule has 0 spiro atoms. The number of halogens is 2. The Hall–Kier alpha value is -4.44. The molecule has 228 valence electrons. The number of aryl methyl sites for hydroxylation is 1. The van der Waals surface area contributed by atoms with E-state index in [-0.39, 0.29) is 30.0 Å². The monoisotopic (exact) mass is 634 g/mol. The van der Waals surface area contributed by atoms with Crippen LogP contribution in [0.15, 0.2) is 72.8 Å². The lowest BCUT2D eigenvalue weighted by atomic mass is 10.1. The van der Waals surface area contributed by atoms with Crippen LogP contribution < -0.4 is 20.3 Å². The standard InChI is InChI=1S/C33H32Cl2N4O5/c1-21-7-11-23-5-4-6-28(32(23)38-21)44-20-25-26(34)14-15-27(31(25)35)39(2)30(41)19-37-29(40)16-10-22-8-12-24(13-9-22)33(42)36-17-18-43-3/h4-16H,17-20H2,1-3H3,(H,36,42)(H,37,40). The van der Waals surface area contributed by atoms with Crippen LogP contribution in [-0.4, -0.2) is 56.6 Å². The number of anilines is 1. The maximum absolute atomic E-state index is 12.9. The second kappa shape index (κ2) is 15.3. The fraction of sp³-hybridized carbons (Fsp3) is 0.212. The minimum absolute atomic E-state index is 0.0588. The lowest BCUT2D eigenvalue weighted by molar-refractivity contribution is -0.122. The molecule has 0 saturated carbocycles. The van der Waals surface area contributed by atoms with Crippen LogP contribution in [0.25, 0.3) is 17.0 Å². The second-order valence-corrected chi connectivity index (χ2v) is 10.6. The number of ether oxygens (including phenoxy) is 2. The average molecular weight is 636 g/mol. The van der Waals surface area contributed by atoms with Crippen LogP contribution >= 0.6 is 23.2 Å². The number of amides is 3. The Morgan fingerprint density at radius 1 is 0.977 bits per heavy atom. The first kappa shape index (κ1) is 32.5. The molecule has 4 aromatic rings. The molecule has 3 aromatic carbocycles. The van der Waals surface area contributed by atoms with Gasteiger partial charge in [0, 0.05) is 54.0 Å². The Morgan fingerprint density at radius 3 is 2.50 bits per heavy atom. The molecule has 0 aliphatic heterocycles. The fourth-order valence-electron chi connectivity index (χ4n) is 4.22. The molecule has 0 bridgehead atoms. The number of nitrogens with one attached hydrogen (secondary N) is 2. The van der Waals surface area contributed by atoms with Gasteiger partial charge in [-0.3, -0.25) is 14.4 Å². The molecule has 0 aliphatic carbocycles. The Bertz CT molecular complexity index is 1690. The minimum Gasteiger partial charge on any atom is -0.487 e. The highest BCUT2D eigenvalue weighted by Crippen LogP contribution is 2.35. The molecule has 0 fully saturated rings. The van der Waals surface area contributed by atoms with Crippen LogP contribution in [0, 0.1) is 6.92 Å².